The van der Waals surface area contributed by atoms with Gasteiger partial charge in [-0.3, -0.25) is 0 Å². The Balaban J connectivity index is 3.08. The first-order valence-corrected chi connectivity index (χ1v) is 4.65. The van der Waals surface area contributed by atoms with Crippen molar-refractivity contribution in [1.29, 1.82) is 0 Å². The van der Waals surface area contributed by atoms with E-state index in [4.69, 9.17) is 9.47 Å². The van der Waals surface area contributed by atoms with Crippen LogP contribution < -0.4 is 9.47 Å². The molecule has 1 rings (SSSR count). The van der Waals surface area contributed by atoms with Crippen LogP contribution in [-0.4, -0.2) is 13.2 Å². The van der Waals surface area contributed by atoms with Crippen molar-refractivity contribution in [2.75, 3.05) is 7.11 Å². The summed E-state index contributed by atoms with van der Waals surface area (Å²) >= 11 is 0. The summed E-state index contributed by atoms with van der Waals surface area (Å²) in [5.74, 6) is 1.51. The summed E-state index contributed by atoms with van der Waals surface area (Å²) in [4.78, 5) is 0. The first kappa shape index (κ1) is 10.6. The average Bonchev–Trinajstić information content (AvgIpc) is 2.16. The van der Waals surface area contributed by atoms with Crippen molar-refractivity contribution in [2.45, 2.75) is 20.0 Å². The minimum absolute atomic E-state index is 0.143. The summed E-state index contributed by atoms with van der Waals surface area (Å²) in [6, 6.07) is 5.77. The number of methoxy groups -OCH3 is 1. The SMILES string of the molecule is C=Cc1cccc(OC(C)C)c1OC. The minimum atomic E-state index is 0.143. The van der Waals surface area contributed by atoms with Crippen molar-refractivity contribution in [3.63, 3.8) is 0 Å². The molecule has 0 bridgehead atoms. The quantitative estimate of drug-likeness (QED) is 0.729. The molecule has 0 aliphatic rings. The van der Waals surface area contributed by atoms with Crippen molar-refractivity contribution in [1.82, 2.24) is 0 Å². The highest BCUT2D eigenvalue weighted by molar-refractivity contribution is 5.61. The van der Waals surface area contributed by atoms with E-state index in [2.05, 4.69) is 6.58 Å². The molecular formula is C12H16O2. The minimum Gasteiger partial charge on any atom is -0.492 e. The first-order valence-electron chi connectivity index (χ1n) is 4.65. The number of hydrogen-bond acceptors (Lipinski definition) is 2. The topological polar surface area (TPSA) is 18.5 Å². The van der Waals surface area contributed by atoms with Gasteiger partial charge >= 0.3 is 0 Å². The van der Waals surface area contributed by atoms with Crippen molar-refractivity contribution in [3.05, 3.63) is 30.3 Å². The number of ether oxygens (including phenoxy) is 2. The fourth-order valence-corrected chi connectivity index (χ4v) is 1.26. The molecule has 0 spiro atoms. The fraction of sp³-hybridized carbons (Fsp3) is 0.333. The third-order valence-electron chi connectivity index (χ3n) is 1.80. The lowest BCUT2D eigenvalue weighted by molar-refractivity contribution is 0.230. The normalized spacial score (nSPS) is 10.0. The van der Waals surface area contributed by atoms with Crippen LogP contribution in [0.1, 0.15) is 19.4 Å². The Hall–Kier alpha value is -1.44. The van der Waals surface area contributed by atoms with E-state index in [9.17, 15) is 0 Å². The first-order chi connectivity index (χ1) is 6.69. The van der Waals surface area contributed by atoms with Crippen molar-refractivity contribution in [3.8, 4) is 11.5 Å². The number of benzene rings is 1. The molecule has 0 heterocycles. The molecule has 0 aliphatic heterocycles. The largest absolute Gasteiger partial charge is 0.492 e. The van der Waals surface area contributed by atoms with Crippen molar-refractivity contribution in [2.24, 2.45) is 0 Å². The Morgan fingerprint density at radius 1 is 1.36 bits per heavy atom. The molecule has 1 aromatic rings. The van der Waals surface area contributed by atoms with Crippen LogP contribution in [0.15, 0.2) is 24.8 Å². The molecule has 0 fully saturated rings. The molecule has 0 saturated carbocycles. The Morgan fingerprint density at radius 3 is 2.57 bits per heavy atom. The van der Waals surface area contributed by atoms with Gasteiger partial charge in [-0.25, -0.2) is 0 Å². The summed E-state index contributed by atoms with van der Waals surface area (Å²) < 4.78 is 10.9. The molecule has 0 atom stereocenters. The number of para-hydroxylation sites is 1. The van der Waals surface area contributed by atoms with Gasteiger partial charge < -0.3 is 9.47 Å². The maximum Gasteiger partial charge on any atom is 0.167 e. The van der Waals surface area contributed by atoms with Gasteiger partial charge in [0.15, 0.2) is 11.5 Å². The third kappa shape index (κ3) is 2.28. The highest BCUT2D eigenvalue weighted by atomic mass is 16.5. The van der Waals surface area contributed by atoms with Gasteiger partial charge in [-0.1, -0.05) is 24.8 Å². The van der Waals surface area contributed by atoms with Crippen LogP contribution >= 0.6 is 0 Å². The van der Waals surface area contributed by atoms with Gasteiger partial charge in [-0.2, -0.15) is 0 Å². The van der Waals surface area contributed by atoms with E-state index in [0.29, 0.717) is 0 Å². The molecule has 2 heteroatoms. The Morgan fingerprint density at radius 2 is 2.07 bits per heavy atom. The zero-order valence-corrected chi connectivity index (χ0v) is 8.91. The molecule has 0 N–H and O–H groups in total. The fourth-order valence-electron chi connectivity index (χ4n) is 1.26. The summed E-state index contributed by atoms with van der Waals surface area (Å²) in [6.45, 7) is 7.70. The second kappa shape index (κ2) is 4.70. The lowest BCUT2D eigenvalue weighted by Gasteiger charge is -2.14. The summed E-state index contributed by atoms with van der Waals surface area (Å²) in [5.41, 5.74) is 0.950. The lowest BCUT2D eigenvalue weighted by Crippen LogP contribution is -2.07. The third-order valence-corrected chi connectivity index (χ3v) is 1.80. The van der Waals surface area contributed by atoms with Crippen LogP contribution in [-0.2, 0) is 0 Å². The van der Waals surface area contributed by atoms with E-state index in [1.54, 1.807) is 13.2 Å². The zero-order chi connectivity index (χ0) is 10.6. The van der Waals surface area contributed by atoms with Crippen molar-refractivity contribution < 1.29 is 9.47 Å². The van der Waals surface area contributed by atoms with E-state index in [1.165, 1.54) is 0 Å². The molecule has 2 nitrogen and oxygen atoms in total. The highest BCUT2D eigenvalue weighted by Crippen LogP contribution is 2.32. The second-order valence-corrected chi connectivity index (χ2v) is 3.25. The summed E-state index contributed by atoms with van der Waals surface area (Å²) in [7, 11) is 1.63. The van der Waals surface area contributed by atoms with Gasteiger partial charge in [0.1, 0.15) is 0 Å². The maximum atomic E-state index is 5.61. The summed E-state index contributed by atoms with van der Waals surface area (Å²) in [5, 5.41) is 0. The monoisotopic (exact) mass is 192 g/mol. The molecule has 0 saturated heterocycles. The molecule has 0 unspecified atom stereocenters. The molecule has 0 aliphatic carbocycles. The Labute approximate surface area is 85.2 Å². The lowest BCUT2D eigenvalue weighted by atomic mass is 10.2. The van der Waals surface area contributed by atoms with Gasteiger partial charge in [0.05, 0.1) is 13.2 Å². The van der Waals surface area contributed by atoms with Gasteiger partial charge in [0, 0.05) is 5.56 Å². The molecule has 0 radical (unpaired) electrons. The molecule has 76 valence electrons. The zero-order valence-electron chi connectivity index (χ0n) is 8.91. The predicted octanol–water partition coefficient (Wildman–Crippen LogP) is 3.13. The van der Waals surface area contributed by atoms with Gasteiger partial charge in [-0.05, 0) is 19.9 Å². The van der Waals surface area contributed by atoms with Crippen LogP contribution in [0.5, 0.6) is 11.5 Å². The Kier molecular flexibility index (Phi) is 3.57. The maximum absolute atomic E-state index is 5.61. The Bertz CT molecular complexity index is 316. The predicted molar refractivity (Wildman–Crippen MR) is 58.8 cm³/mol. The van der Waals surface area contributed by atoms with E-state index < -0.39 is 0 Å². The van der Waals surface area contributed by atoms with Crippen LogP contribution in [0.4, 0.5) is 0 Å². The van der Waals surface area contributed by atoms with Crippen LogP contribution in [0, 0.1) is 0 Å². The van der Waals surface area contributed by atoms with E-state index in [0.717, 1.165) is 17.1 Å². The van der Waals surface area contributed by atoms with Crippen LogP contribution in [0.2, 0.25) is 0 Å². The highest BCUT2D eigenvalue weighted by Gasteiger charge is 2.08. The molecular weight excluding hydrogens is 176 g/mol. The van der Waals surface area contributed by atoms with Gasteiger partial charge in [0.25, 0.3) is 0 Å². The molecule has 0 amide bonds. The number of hydrogen-bond donors (Lipinski definition) is 0. The van der Waals surface area contributed by atoms with Gasteiger partial charge in [-0.15, -0.1) is 0 Å². The second-order valence-electron chi connectivity index (χ2n) is 3.25. The van der Waals surface area contributed by atoms with E-state index >= 15 is 0 Å². The van der Waals surface area contributed by atoms with E-state index in [1.807, 2.05) is 32.0 Å². The smallest absolute Gasteiger partial charge is 0.167 e. The van der Waals surface area contributed by atoms with Crippen molar-refractivity contribution >= 4 is 6.08 Å². The molecule has 1 aromatic carbocycles. The molecule has 14 heavy (non-hydrogen) atoms. The van der Waals surface area contributed by atoms with Crippen LogP contribution in [0.3, 0.4) is 0 Å². The summed E-state index contributed by atoms with van der Waals surface area (Å²) in [6.07, 6.45) is 1.90. The standard InChI is InChI=1S/C12H16O2/c1-5-10-7-6-8-11(12(10)13-4)14-9(2)3/h5-9H,1H2,2-4H3. The van der Waals surface area contributed by atoms with Gasteiger partial charge in [0.2, 0.25) is 0 Å². The van der Waals surface area contributed by atoms with Crippen LogP contribution in [0.25, 0.3) is 6.08 Å². The van der Waals surface area contributed by atoms with E-state index in [-0.39, 0.29) is 6.10 Å². The number of rotatable bonds is 4. The molecule has 0 aromatic heterocycles. The average molecular weight is 192 g/mol.